The number of halogens is 1. The van der Waals surface area contributed by atoms with E-state index in [0.717, 1.165) is 5.56 Å². The Morgan fingerprint density at radius 3 is 2.38 bits per heavy atom. The molecule has 0 spiro atoms. The zero-order valence-corrected chi connectivity index (χ0v) is 24.2. The number of benzene rings is 2. The fraction of sp³-hybridized carbons (Fsp3) is 0.500. The Hall–Kier alpha value is -3.82. The smallest absolute Gasteiger partial charge is 0.328 e. The summed E-state index contributed by atoms with van der Waals surface area (Å²) in [6.45, 7) is 14.0. The Kier molecular flexibility index (Phi) is 7.75. The molecular weight excluding hydrogens is 517 g/mol. The van der Waals surface area contributed by atoms with Crippen LogP contribution in [-0.4, -0.2) is 66.0 Å². The molecule has 0 atom stereocenters. The van der Waals surface area contributed by atoms with Gasteiger partial charge in [-0.05, 0) is 56.9 Å². The Bertz CT molecular complexity index is 1360. The largest absolute Gasteiger partial charge is 0.490 e. The molecule has 0 aliphatic carbocycles. The lowest BCUT2D eigenvalue weighted by Gasteiger charge is -2.42. The topological polar surface area (TPSA) is 112 Å². The summed E-state index contributed by atoms with van der Waals surface area (Å²) in [5.41, 5.74) is 0.712. The van der Waals surface area contributed by atoms with Crippen LogP contribution in [-0.2, 0) is 16.8 Å². The van der Waals surface area contributed by atoms with Crippen molar-refractivity contribution in [1.82, 2.24) is 4.90 Å². The molecule has 2 aromatic carbocycles. The fourth-order valence-corrected chi connectivity index (χ4v) is 5.16. The minimum Gasteiger partial charge on any atom is -0.490 e. The molecule has 0 amide bonds. The van der Waals surface area contributed by atoms with Gasteiger partial charge in [0.15, 0.2) is 23.1 Å². The number of aliphatic carboxylic acids is 1. The van der Waals surface area contributed by atoms with E-state index in [2.05, 4.69) is 0 Å². The van der Waals surface area contributed by atoms with E-state index in [-0.39, 0.29) is 48.4 Å². The third-order valence-electron chi connectivity index (χ3n) is 7.36. The molecule has 2 heterocycles. The molecule has 9 nitrogen and oxygen atoms in total. The summed E-state index contributed by atoms with van der Waals surface area (Å²) in [6.07, 6.45) is 0. The van der Waals surface area contributed by atoms with Gasteiger partial charge in [0, 0.05) is 17.7 Å². The maximum absolute atomic E-state index is 15.5. The molecule has 10 heteroatoms. The molecule has 4 rings (SSSR count). The second-order valence-electron chi connectivity index (χ2n) is 11.5. The Morgan fingerprint density at radius 1 is 1.10 bits per heavy atom. The number of anilines is 1. The standard InChI is InChI=1S/C30H38FN3O6/c1-8-38-22-14-18-15-33(27(32)23(18)24(31)26(22)39-9-2)16-21(35)17-12-19(29(3,4)5)25-20(13-17)34(10-11-40-25)30(6,7)28(36)37/h12-14,32H,8-11,15-16H2,1-7H3,(H,36,37). The van der Waals surface area contributed by atoms with Crippen LogP contribution in [0.3, 0.4) is 0 Å². The van der Waals surface area contributed by atoms with Crippen molar-refractivity contribution in [2.24, 2.45) is 0 Å². The number of amidine groups is 1. The van der Waals surface area contributed by atoms with E-state index in [1.165, 1.54) is 4.90 Å². The van der Waals surface area contributed by atoms with Gasteiger partial charge in [0.1, 0.15) is 23.7 Å². The first kappa shape index (κ1) is 29.2. The minimum absolute atomic E-state index is 0.0355. The maximum Gasteiger partial charge on any atom is 0.328 e. The Labute approximate surface area is 234 Å². The maximum atomic E-state index is 15.5. The quantitative estimate of drug-likeness (QED) is 0.416. The summed E-state index contributed by atoms with van der Waals surface area (Å²) in [7, 11) is 0. The number of hydrogen-bond acceptors (Lipinski definition) is 7. The van der Waals surface area contributed by atoms with Crippen LogP contribution in [0.5, 0.6) is 17.2 Å². The first-order valence-corrected chi connectivity index (χ1v) is 13.5. The van der Waals surface area contributed by atoms with Crippen molar-refractivity contribution in [3.63, 3.8) is 0 Å². The van der Waals surface area contributed by atoms with Crippen molar-refractivity contribution in [1.29, 1.82) is 5.41 Å². The molecule has 0 fully saturated rings. The number of carboxylic acid groups (broad SMARTS) is 1. The Balaban J connectivity index is 1.71. The van der Waals surface area contributed by atoms with Crippen LogP contribution in [0, 0.1) is 11.2 Å². The van der Waals surface area contributed by atoms with Crippen molar-refractivity contribution in [3.05, 3.63) is 46.3 Å². The Morgan fingerprint density at radius 2 is 1.77 bits per heavy atom. The van der Waals surface area contributed by atoms with Gasteiger partial charge in [-0.1, -0.05) is 20.8 Å². The van der Waals surface area contributed by atoms with Crippen LogP contribution in [0.15, 0.2) is 18.2 Å². The first-order valence-electron chi connectivity index (χ1n) is 13.5. The van der Waals surface area contributed by atoms with Crippen LogP contribution in [0.25, 0.3) is 0 Å². The number of Topliss-reactive ketones (excluding diaryl/α,β-unsaturated/α-hetero) is 1. The predicted octanol–water partition coefficient (Wildman–Crippen LogP) is 5.01. The van der Waals surface area contributed by atoms with Crippen LogP contribution in [0.1, 0.15) is 75.5 Å². The molecule has 0 radical (unpaired) electrons. The van der Waals surface area contributed by atoms with E-state index in [0.29, 0.717) is 42.3 Å². The highest BCUT2D eigenvalue weighted by Gasteiger charge is 2.40. The molecule has 40 heavy (non-hydrogen) atoms. The summed E-state index contributed by atoms with van der Waals surface area (Å²) < 4.78 is 32.6. The van der Waals surface area contributed by atoms with E-state index < -0.39 is 22.7 Å². The minimum atomic E-state index is -1.23. The number of hydrogen-bond donors (Lipinski definition) is 2. The lowest BCUT2D eigenvalue weighted by Crippen LogP contribution is -2.53. The van der Waals surface area contributed by atoms with Crippen LogP contribution < -0.4 is 19.1 Å². The van der Waals surface area contributed by atoms with Gasteiger partial charge in [-0.25, -0.2) is 9.18 Å². The molecular formula is C30H38FN3O6. The van der Waals surface area contributed by atoms with Gasteiger partial charge in [0.25, 0.3) is 0 Å². The number of carboxylic acids is 1. The van der Waals surface area contributed by atoms with E-state index in [4.69, 9.17) is 19.6 Å². The average molecular weight is 556 g/mol. The van der Waals surface area contributed by atoms with E-state index >= 15 is 4.39 Å². The monoisotopic (exact) mass is 555 g/mol. The summed E-state index contributed by atoms with van der Waals surface area (Å²) in [4.78, 5) is 29.1. The summed E-state index contributed by atoms with van der Waals surface area (Å²) >= 11 is 0. The number of fused-ring (bicyclic) bond motifs is 2. The first-order chi connectivity index (χ1) is 18.7. The number of carbonyl (C=O) groups is 2. The van der Waals surface area contributed by atoms with Gasteiger partial charge in [0.05, 0.1) is 37.6 Å². The highest BCUT2D eigenvalue weighted by atomic mass is 19.1. The second-order valence-corrected chi connectivity index (χ2v) is 11.5. The van der Waals surface area contributed by atoms with Gasteiger partial charge >= 0.3 is 5.97 Å². The normalized spacial score (nSPS) is 14.9. The van der Waals surface area contributed by atoms with Crippen LogP contribution >= 0.6 is 0 Å². The third kappa shape index (κ3) is 5.07. The van der Waals surface area contributed by atoms with Gasteiger partial charge in [-0.2, -0.15) is 0 Å². The van der Waals surface area contributed by atoms with Gasteiger partial charge in [-0.15, -0.1) is 0 Å². The third-order valence-corrected chi connectivity index (χ3v) is 7.36. The lowest BCUT2D eigenvalue weighted by molar-refractivity contribution is -0.142. The molecule has 0 unspecified atom stereocenters. The van der Waals surface area contributed by atoms with Crippen molar-refractivity contribution in [2.75, 3.05) is 37.8 Å². The summed E-state index contributed by atoms with van der Waals surface area (Å²) in [5, 5.41) is 18.6. The van der Waals surface area contributed by atoms with Crippen molar-refractivity contribution < 1.29 is 33.3 Å². The van der Waals surface area contributed by atoms with Gasteiger partial charge in [0.2, 0.25) is 0 Å². The van der Waals surface area contributed by atoms with Crippen LogP contribution in [0.4, 0.5) is 10.1 Å². The zero-order valence-electron chi connectivity index (χ0n) is 24.2. The molecule has 0 saturated carbocycles. The zero-order chi connectivity index (χ0) is 29.6. The van der Waals surface area contributed by atoms with Crippen LogP contribution in [0.2, 0.25) is 0 Å². The van der Waals surface area contributed by atoms with Crippen molar-refractivity contribution >= 4 is 23.3 Å². The number of nitrogens with one attached hydrogen (secondary N) is 1. The molecule has 2 N–H and O–H groups in total. The number of ketones is 1. The van der Waals surface area contributed by atoms with E-state index in [1.54, 1.807) is 50.8 Å². The molecule has 2 aromatic rings. The highest BCUT2D eigenvalue weighted by molar-refractivity contribution is 6.06. The van der Waals surface area contributed by atoms with Crippen molar-refractivity contribution in [2.45, 2.75) is 66.0 Å². The second kappa shape index (κ2) is 10.6. The average Bonchev–Trinajstić information content (AvgIpc) is 3.19. The fourth-order valence-electron chi connectivity index (χ4n) is 5.16. The molecule has 0 aromatic heterocycles. The molecule has 2 aliphatic rings. The van der Waals surface area contributed by atoms with Gasteiger partial charge < -0.3 is 29.1 Å². The number of ether oxygens (including phenoxy) is 3. The highest BCUT2D eigenvalue weighted by Crippen LogP contribution is 2.44. The molecule has 216 valence electrons. The summed E-state index contributed by atoms with van der Waals surface area (Å²) in [6, 6.07) is 5.13. The number of carbonyl (C=O) groups excluding carboxylic acids is 1. The molecule has 0 bridgehead atoms. The number of nitrogens with zero attached hydrogens (tertiary/aromatic N) is 2. The van der Waals surface area contributed by atoms with E-state index in [9.17, 15) is 14.7 Å². The predicted molar refractivity (Wildman–Crippen MR) is 150 cm³/mol. The SMILES string of the molecule is CCOc1cc2c(c(F)c1OCC)C(=N)N(CC(=O)c1cc3c(c(C(C)(C)C)c1)OCCN3C(C)(C)C(=O)O)C2. The van der Waals surface area contributed by atoms with Crippen molar-refractivity contribution in [3.8, 4) is 17.2 Å². The molecule has 0 saturated heterocycles. The van der Waals surface area contributed by atoms with E-state index in [1.807, 2.05) is 20.8 Å². The van der Waals surface area contributed by atoms with Gasteiger partial charge in [-0.3, -0.25) is 10.2 Å². The summed E-state index contributed by atoms with van der Waals surface area (Å²) in [5.74, 6) is -1.23. The number of rotatable bonds is 9. The lowest BCUT2D eigenvalue weighted by atomic mass is 9.83. The molecule has 2 aliphatic heterocycles.